The summed E-state index contributed by atoms with van der Waals surface area (Å²) in [5.41, 5.74) is 5.53. The van der Waals surface area contributed by atoms with Crippen LogP contribution in [0.3, 0.4) is 0 Å². The number of aromatic nitrogens is 1. The molecule has 1 N–H and O–H groups in total. The highest BCUT2D eigenvalue weighted by Crippen LogP contribution is 2.33. The molecule has 1 aromatic heterocycles. The van der Waals surface area contributed by atoms with Crippen molar-refractivity contribution in [3.8, 4) is 0 Å². The standard InChI is InChI=1S/C37H39N3O3/c41-35(36-38-33(25-29-13-5-1-6-14-29)37(43-36)39-21-23-42-24-22-39)34(26-30-15-7-2-8-16-30)40(27-31-17-9-3-10-18-31)28-32-19-11-4-12-20-32/h1-20,34-35,41H,21-28H2/t34-,35+/m0/s1. The SMILES string of the molecule is O[C@@H](c1nc(Cc2ccccc2)c(N2CCOCC2)o1)[C@H](Cc1ccccc1)N(Cc1ccccc1)Cc1ccccc1. The van der Waals surface area contributed by atoms with Crippen LogP contribution in [0.15, 0.2) is 126 Å². The minimum absolute atomic E-state index is 0.288. The maximum Gasteiger partial charge on any atom is 0.227 e. The minimum atomic E-state index is -0.947. The van der Waals surface area contributed by atoms with Gasteiger partial charge in [0.2, 0.25) is 11.8 Å². The van der Waals surface area contributed by atoms with Crippen molar-refractivity contribution in [3.63, 3.8) is 0 Å². The number of aliphatic hydroxyl groups excluding tert-OH is 1. The highest BCUT2D eigenvalue weighted by Gasteiger charge is 2.33. The average molecular weight is 574 g/mol. The molecule has 0 amide bonds. The predicted molar refractivity (Wildman–Crippen MR) is 170 cm³/mol. The number of anilines is 1. The number of benzene rings is 4. The van der Waals surface area contributed by atoms with Crippen LogP contribution in [0.2, 0.25) is 0 Å². The van der Waals surface area contributed by atoms with Gasteiger partial charge in [-0.1, -0.05) is 121 Å². The second-order valence-electron chi connectivity index (χ2n) is 11.1. The topological polar surface area (TPSA) is 62.0 Å². The van der Waals surface area contributed by atoms with Gasteiger partial charge >= 0.3 is 0 Å². The van der Waals surface area contributed by atoms with Gasteiger partial charge in [-0.2, -0.15) is 0 Å². The monoisotopic (exact) mass is 573 g/mol. The Morgan fingerprint density at radius 2 is 1.16 bits per heavy atom. The minimum Gasteiger partial charge on any atom is -0.422 e. The molecule has 2 atom stereocenters. The molecule has 2 heterocycles. The van der Waals surface area contributed by atoms with E-state index < -0.39 is 6.10 Å². The first-order valence-corrected chi connectivity index (χ1v) is 15.1. The lowest BCUT2D eigenvalue weighted by Crippen LogP contribution is -2.40. The van der Waals surface area contributed by atoms with E-state index in [1.54, 1.807) is 0 Å². The Labute approximate surface area is 254 Å². The molecule has 220 valence electrons. The normalized spacial score (nSPS) is 15.0. The molecule has 0 radical (unpaired) electrons. The number of rotatable bonds is 12. The Balaban J connectivity index is 1.38. The zero-order valence-corrected chi connectivity index (χ0v) is 24.5. The molecule has 0 saturated carbocycles. The van der Waals surface area contributed by atoms with Crippen LogP contribution in [-0.4, -0.2) is 47.3 Å². The Kier molecular flexibility index (Phi) is 9.60. The number of ether oxygens (including phenoxy) is 1. The Hall–Kier alpha value is -4.23. The maximum atomic E-state index is 12.2. The number of nitrogens with zero attached hydrogens (tertiary/aromatic N) is 3. The summed E-state index contributed by atoms with van der Waals surface area (Å²) in [6.07, 6.45) is 0.326. The van der Waals surface area contributed by atoms with Crippen molar-refractivity contribution in [2.75, 3.05) is 31.2 Å². The number of oxazole rings is 1. The van der Waals surface area contributed by atoms with Crippen molar-refractivity contribution in [2.24, 2.45) is 0 Å². The van der Waals surface area contributed by atoms with Crippen molar-refractivity contribution in [1.82, 2.24) is 9.88 Å². The number of morpholine rings is 1. The summed E-state index contributed by atoms with van der Waals surface area (Å²) in [6.45, 7) is 4.10. The number of hydrogen-bond donors (Lipinski definition) is 1. The fourth-order valence-corrected chi connectivity index (χ4v) is 5.79. The van der Waals surface area contributed by atoms with Crippen molar-refractivity contribution >= 4 is 5.88 Å². The lowest BCUT2D eigenvalue weighted by molar-refractivity contribution is 0.0218. The van der Waals surface area contributed by atoms with E-state index in [0.717, 1.165) is 35.8 Å². The third-order valence-corrected chi connectivity index (χ3v) is 8.04. The summed E-state index contributed by atoms with van der Waals surface area (Å²) in [5, 5.41) is 12.2. The summed E-state index contributed by atoms with van der Waals surface area (Å²) in [6, 6.07) is 41.3. The van der Waals surface area contributed by atoms with E-state index in [1.807, 2.05) is 36.4 Å². The molecule has 6 heteroatoms. The van der Waals surface area contributed by atoms with E-state index >= 15 is 0 Å². The van der Waals surface area contributed by atoms with Gasteiger partial charge < -0.3 is 19.2 Å². The first-order chi connectivity index (χ1) is 21.2. The lowest BCUT2D eigenvalue weighted by Gasteiger charge is -2.34. The third-order valence-electron chi connectivity index (χ3n) is 8.04. The first kappa shape index (κ1) is 28.9. The fourth-order valence-electron chi connectivity index (χ4n) is 5.79. The van der Waals surface area contributed by atoms with Crippen molar-refractivity contribution in [1.29, 1.82) is 0 Å². The van der Waals surface area contributed by atoms with E-state index in [-0.39, 0.29) is 6.04 Å². The molecular formula is C37H39N3O3. The zero-order valence-electron chi connectivity index (χ0n) is 24.5. The lowest BCUT2D eigenvalue weighted by atomic mass is 9.97. The molecule has 0 unspecified atom stereocenters. The van der Waals surface area contributed by atoms with Gasteiger partial charge in [0.25, 0.3) is 0 Å². The zero-order chi connectivity index (χ0) is 29.3. The first-order valence-electron chi connectivity index (χ1n) is 15.1. The molecule has 1 aliphatic rings. The van der Waals surface area contributed by atoms with Crippen LogP contribution >= 0.6 is 0 Å². The highest BCUT2D eigenvalue weighted by atomic mass is 16.5. The van der Waals surface area contributed by atoms with Crippen molar-refractivity contribution < 1.29 is 14.3 Å². The van der Waals surface area contributed by atoms with E-state index in [1.165, 1.54) is 11.1 Å². The predicted octanol–water partition coefficient (Wildman–Crippen LogP) is 6.45. The van der Waals surface area contributed by atoms with Crippen molar-refractivity contribution in [3.05, 3.63) is 155 Å². The van der Waals surface area contributed by atoms with E-state index in [0.29, 0.717) is 45.0 Å². The summed E-state index contributed by atoms with van der Waals surface area (Å²) >= 11 is 0. The number of hydrogen-bond acceptors (Lipinski definition) is 6. The molecule has 1 saturated heterocycles. The second-order valence-corrected chi connectivity index (χ2v) is 11.1. The van der Waals surface area contributed by atoms with Gasteiger partial charge in [0.05, 0.1) is 13.2 Å². The van der Waals surface area contributed by atoms with Gasteiger partial charge in [-0.25, -0.2) is 4.98 Å². The summed E-state index contributed by atoms with van der Waals surface area (Å²) < 4.78 is 12.2. The van der Waals surface area contributed by atoms with Gasteiger partial charge in [-0.05, 0) is 28.7 Å². The van der Waals surface area contributed by atoms with E-state index in [2.05, 4.69) is 94.7 Å². The van der Waals surface area contributed by atoms with Crippen LogP contribution in [0.25, 0.3) is 0 Å². The molecule has 1 fully saturated rings. The van der Waals surface area contributed by atoms with Gasteiger partial charge in [0.1, 0.15) is 11.8 Å². The Morgan fingerprint density at radius 3 is 1.70 bits per heavy atom. The Bertz CT molecular complexity index is 1480. The molecule has 1 aliphatic heterocycles. The quantitative estimate of drug-likeness (QED) is 0.185. The fraction of sp³-hybridized carbons (Fsp3) is 0.270. The molecule has 6 rings (SSSR count). The second kappa shape index (κ2) is 14.3. The van der Waals surface area contributed by atoms with Crippen molar-refractivity contribution in [2.45, 2.75) is 38.1 Å². The highest BCUT2D eigenvalue weighted by molar-refractivity contribution is 5.44. The van der Waals surface area contributed by atoms with Crippen LogP contribution in [0.1, 0.15) is 39.9 Å². The average Bonchev–Trinajstić information content (AvgIpc) is 3.49. The van der Waals surface area contributed by atoms with Gasteiger partial charge in [-0.15, -0.1) is 0 Å². The number of aliphatic hydroxyl groups is 1. The van der Waals surface area contributed by atoms with Crippen LogP contribution in [0, 0.1) is 0 Å². The molecular weight excluding hydrogens is 534 g/mol. The summed E-state index contributed by atoms with van der Waals surface area (Å²) in [7, 11) is 0. The van der Waals surface area contributed by atoms with Crippen LogP contribution in [-0.2, 0) is 30.7 Å². The molecule has 0 spiro atoms. The van der Waals surface area contributed by atoms with Crippen LogP contribution in [0.5, 0.6) is 0 Å². The van der Waals surface area contributed by atoms with Gasteiger partial charge in [0.15, 0.2) is 0 Å². The van der Waals surface area contributed by atoms with E-state index in [4.69, 9.17) is 14.1 Å². The molecule has 5 aromatic rings. The van der Waals surface area contributed by atoms with Gasteiger partial charge in [-0.3, -0.25) is 4.90 Å². The van der Waals surface area contributed by atoms with Crippen LogP contribution < -0.4 is 4.90 Å². The van der Waals surface area contributed by atoms with Gasteiger partial charge in [0, 0.05) is 38.6 Å². The van der Waals surface area contributed by atoms with E-state index in [9.17, 15) is 5.11 Å². The molecule has 4 aromatic carbocycles. The largest absolute Gasteiger partial charge is 0.422 e. The molecule has 43 heavy (non-hydrogen) atoms. The smallest absolute Gasteiger partial charge is 0.227 e. The molecule has 0 bridgehead atoms. The Morgan fingerprint density at radius 1 is 0.674 bits per heavy atom. The maximum absolute atomic E-state index is 12.2. The van der Waals surface area contributed by atoms with Crippen LogP contribution in [0.4, 0.5) is 5.88 Å². The molecule has 6 nitrogen and oxygen atoms in total. The summed E-state index contributed by atoms with van der Waals surface area (Å²) in [5.74, 6) is 1.09. The summed E-state index contributed by atoms with van der Waals surface area (Å²) in [4.78, 5) is 9.57. The third kappa shape index (κ3) is 7.59. The molecule has 0 aliphatic carbocycles.